The lowest BCUT2D eigenvalue weighted by Gasteiger charge is -2.36. The number of fused-ring (bicyclic) bond motifs is 1. The van der Waals surface area contributed by atoms with Crippen molar-refractivity contribution in [1.82, 2.24) is 9.80 Å². The first-order valence-electron chi connectivity index (χ1n) is 10.0. The molecule has 1 atom stereocenters. The van der Waals surface area contributed by atoms with Crippen LogP contribution >= 0.6 is 0 Å². The zero-order chi connectivity index (χ0) is 17.8. The largest absolute Gasteiger partial charge is 0.376 e. The van der Waals surface area contributed by atoms with Gasteiger partial charge in [-0.15, -0.1) is 0 Å². The van der Waals surface area contributed by atoms with E-state index in [0.717, 1.165) is 65.2 Å². The molecule has 1 amide bonds. The fraction of sp³-hybridized carbons (Fsp3) is 0.667. The van der Waals surface area contributed by atoms with Crippen LogP contribution < -0.4 is 0 Å². The Kier molecular flexibility index (Phi) is 5.88. The van der Waals surface area contributed by atoms with E-state index < -0.39 is 0 Å². The molecular weight excluding hydrogens is 328 g/mol. The van der Waals surface area contributed by atoms with Gasteiger partial charge in [0.2, 0.25) is 5.91 Å². The third-order valence-corrected chi connectivity index (χ3v) is 6.00. The predicted molar refractivity (Wildman–Crippen MR) is 99.9 cm³/mol. The van der Waals surface area contributed by atoms with Gasteiger partial charge < -0.3 is 19.3 Å². The van der Waals surface area contributed by atoms with Crippen molar-refractivity contribution in [1.29, 1.82) is 0 Å². The molecular formula is C21H30N2O3. The van der Waals surface area contributed by atoms with Gasteiger partial charge in [0.25, 0.3) is 0 Å². The summed E-state index contributed by atoms with van der Waals surface area (Å²) < 4.78 is 11.2. The molecule has 0 aromatic heterocycles. The molecule has 0 bridgehead atoms. The summed E-state index contributed by atoms with van der Waals surface area (Å²) in [5.41, 5.74) is 2.72. The number of likely N-dealkylation sites (tertiary alicyclic amines) is 1. The maximum Gasteiger partial charge on any atom is 0.223 e. The van der Waals surface area contributed by atoms with Crippen molar-refractivity contribution in [2.75, 3.05) is 46.0 Å². The van der Waals surface area contributed by atoms with E-state index in [-0.39, 0.29) is 6.10 Å². The minimum Gasteiger partial charge on any atom is -0.376 e. The molecule has 142 valence electrons. The lowest BCUT2D eigenvalue weighted by molar-refractivity contribution is -0.133. The monoisotopic (exact) mass is 358 g/mol. The average Bonchev–Trinajstić information content (AvgIpc) is 2.70. The molecule has 1 aromatic rings. The fourth-order valence-corrected chi connectivity index (χ4v) is 4.39. The van der Waals surface area contributed by atoms with Crippen LogP contribution in [0.2, 0.25) is 0 Å². The molecule has 2 saturated heterocycles. The Bertz CT molecular complexity index is 607. The van der Waals surface area contributed by atoms with Gasteiger partial charge >= 0.3 is 0 Å². The summed E-state index contributed by atoms with van der Waals surface area (Å²) in [7, 11) is 0. The molecule has 26 heavy (non-hydrogen) atoms. The highest BCUT2D eigenvalue weighted by Gasteiger charge is 2.27. The summed E-state index contributed by atoms with van der Waals surface area (Å²) in [5.74, 6) is 0.862. The number of ether oxygens (including phenoxy) is 2. The lowest BCUT2D eigenvalue weighted by Crippen LogP contribution is -2.44. The van der Waals surface area contributed by atoms with Gasteiger partial charge in [-0.1, -0.05) is 24.3 Å². The van der Waals surface area contributed by atoms with Crippen LogP contribution in [0, 0.1) is 5.92 Å². The van der Waals surface area contributed by atoms with E-state index in [2.05, 4.69) is 34.1 Å². The average molecular weight is 358 g/mol. The number of hydrogen-bond acceptors (Lipinski definition) is 4. The number of piperidine rings is 1. The third kappa shape index (κ3) is 4.45. The zero-order valence-electron chi connectivity index (χ0n) is 15.6. The first-order chi connectivity index (χ1) is 12.8. The van der Waals surface area contributed by atoms with E-state index in [0.29, 0.717) is 24.9 Å². The van der Waals surface area contributed by atoms with E-state index >= 15 is 0 Å². The topological polar surface area (TPSA) is 42.0 Å². The maximum atomic E-state index is 12.8. The molecule has 3 aliphatic rings. The van der Waals surface area contributed by atoms with Crippen LogP contribution in [0.3, 0.4) is 0 Å². The molecule has 1 unspecified atom stereocenters. The van der Waals surface area contributed by atoms with Crippen molar-refractivity contribution in [3.63, 3.8) is 0 Å². The highest BCUT2D eigenvalue weighted by molar-refractivity contribution is 5.76. The van der Waals surface area contributed by atoms with Crippen molar-refractivity contribution in [3.8, 4) is 0 Å². The Labute approximate surface area is 156 Å². The second-order valence-corrected chi connectivity index (χ2v) is 7.85. The first-order valence-corrected chi connectivity index (χ1v) is 10.0. The summed E-state index contributed by atoms with van der Waals surface area (Å²) in [5, 5.41) is 0. The van der Waals surface area contributed by atoms with Gasteiger partial charge in [-0.05, 0) is 49.4 Å². The van der Waals surface area contributed by atoms with Gasteiger partial charge in [0.1, 0.15) is 0 Å². The number of nitrogens with zero attached hydrogens (tertiary/aromatic N) is 2. The van der Waals surface area contributed by atoms with Crippen LogP contribution in [-0.2, 0) is 27.2 Å². The van der Waals surface area contributed by atoms with E-state index in [1.165, 1.54) is 11.1 Å². The smallest absolute Gasteiger partial charge is 0.223 e. The van der Waals surface area contributed by atoms with Crippen molar-refractivity contribution < 1.29 is 14.3 Å². The van der Waals surface area contributed by atoms with Gasteiger partial charge in [-0.25, -0.2) is 0 Å². The van der Waals surface area contributed by atoms with Gasteiger partial charge in [-0.2, -0.15) is 0 Å². The van der Waals surface area contributed by atoms with Crippen LogP contribution in [0.1, 0.15) is 30.4 Å². The highest BCUT2D eigenvalue weighted by atomic mass is 16.6. The number of carbonyl (C=O) groups excluding carboxylic acids is 1. The molecule has 0 saturated carbocycles. The zero-order valence-corrected chi connectivity index (χ0v) is 15.6. The number of carbonyl (C=O) groups is 1. The number of hydrogen-bond donors (Lipinski definition) is 0. The molecule has 3 aliphatic heterocycles. The fourth-order valence-electron chi connectivity index (χ4n) is 4.39. The Hall–Kier alpha value is -1.43. The van der Waals surface area contributed by atoms with Crippen LogP contribution in [0.25, 0.3) is 0 Å². The van der Waals surface area contributed by atoms with Gasteiger partial charge in [-0.3, -0.25) is 4.79 Å². The second kappa shape index (κ2) is 8.51. The van der Waals surface area contributed by atoms with Crippen LogP contribution in [0.4, 0.5) is 0 Å². The Morgan fingerprint density at radius 3 is 2.65 bits per heavy atom. The van der Waals surface area contributed by atoms with E-state index in [9.17, 15) is 4.79 Å². The van der Waals surface area contributed by atoms with E-state index in [1.807, 2.05) is 0 Å². The summed E-state index contributed by atoms with van der Waals surface area (Å²) in [6, 6.07) is 8.51. The molecule has 5 heteroatoms. The molecule has 4 rings (SSSR count). The quantitative estimate of drug-likeness (QED) is 0.827. The van der Waals surface area contributed by atoms with Crippen molar-refractivity contribution >= 4 is 5.91 Å². The van der Waals surface area contributed by atoms with Crippen molar-refractivity contribution in [2.24, 2.45) is 5.92 Å². The van der Waals surface area contributed by atoms with Crippen LogP contribution in [0.15, 0.2) is 24.3 Å². The minimum absolute atomic E-state index is 0.218. The Morgan fingerprint density at radius 1 is 1.08 bits per heavy atom. The lowest BCUT2D eigenvalue weighted by atomic mass is 9.92. The molecule has 0 aliphatic carbocycles. The van der Waals surface area contributed by atoms with Gasteiger partial charge in [0.05, 0.1) is 25.9 Å². The number of rotatable bonds is 4. The van der Waals surface area contributed by atoms with Gasteiger partial charge in [0, 0.05) is 26.1 Å². The minimum atomic E-state index is 0.218. The molecule has 1 aromatic carbocycles. The van der Waals surface area contributed by atoms with Crippen molar-refractivity contribution in [2.45, 2.75) is 38.3 Å². The normalized spacial score (nSPS) is 25.1. The summed E-state index contributed by atoms with van der Waals surface area (Å²) >= 11 is 0. The number of amides is 1. The van der Waals surface area contributed by atoms with E-state index in [1.54, 1.807) is 0 Å². The number of benzene rings is 1. The maximum absolute atomic E-state index is 12.8. The predicted octanol–water partition coefficient (Wildman–Crippen LogP) is 2.09. The first kappa shape index (κ1) is 18.0. The molecule has 3 heterocycles. The summed E-state index contributed by atoms with van der Waals surface area (Å²) in [6.07, 6.45) is 4.14. The molecule has 2 fully saturated rings. The summed E-state index contributed by atoms with van der Waals surface area (Å²) in [6.45, 7) is 6.91. The summed E-state index contributed by atoms with van der Waals surface area (Å²) in [4.78, 5) is 17.3. The molecule has 5 nitrogen and oxygen atoms in total. The highest BCUT2D eigenvalue weighted by Crippen LogP contribution is 2.24. The van der Waals surface area contributed by atoms with Crippen molar-refractivity contribution in [3.05, 3.63) is 35.4 Å². The second-order valence-electron chi connectivity index (χ2n) is 7.85. The van der Waals surface area contributed by atoms with Crippen LogP contribution in [-0.4, -0.2) is 67.8 Å². The Morgan fingerprint density at radius 2 is 1.88 bits per heavy atom. The van der Waals surface area contributed by atoms with Gasteiger partial charge in [0.15, 0.2) is 0 Å². The van der Waals surface area contributed by atoms with E-state index in [4.69, 9.17) is 9.47 Å². The Balaban J connectivity index is 1.21. The van der Waals surface area contributed by atoms with Crippen LogP contribution in [0.5, 0.6) is 0 Å². The SMILES string of the molecule is O=C(CC1CCN(CC2COCCO2)CC1)N1CCc2ccccc2C1. The molecule has 0 radical (unpaired) electrons. The third-order valence-electron chi connectivity index (χ3n) is 6.00. The molecule has 0 spiro atoms. The standard InChI is InChI=1S/C21H30N2O3/c24-21(23-10-7-18-3-1-2-4-19(18)14-23)13-17-5-8-22(9-6-17)15-20-16-25-11-12-26-20/h1-4,17,20H,5-16H2. The molecule has 0 N–H and O–H groups in total.